The molecule has 0 nitrogen and oxygen atoms in total. The molecule has 0 saturated carbocycles. The van der Waals surface area contributed by atoms with Crippen LogP contribution >= 0.6 is 0 Å². The van der Waals surface area contributed by atoms with Gasteiger partial charge in [0.2, 0.25) is 0 Å². The minimum absolute atomic E-state index is 1.02. The van der Waals surface area contributed by atoms with E-state index in [1.807, 2.05) is 0 Å². The first-order chi connectivity index (χ1) is 13.3. The Kier molecular flexibility index (Phi) is 22.3. The molecule has 0 heteroatoms. The normalized spacial score (nSPS) is 12.8. The molecule has 1 unspecified atom stereocenters. The summed E-state index contributed by atoms with van der Waals surface area (Å²) in [7, 11) is 0. The monoisotopic (exact) mass is 380 g/mol. The van der Waals surface area contributed by atoms with Crippen molar-refractivity contribution in [3.63, 3.8) is 0 Å². The zero-order valence-electron chi connectivity index (χ0n) is 20.0. The maximum atomic E-state index is 2.40. The maximum absolute atomic E-state index is 2.40. The van der Waals surface area contributed by atoms with Gasteiger partial charge < -0.3 is 0 Å². The lowest BCUT2D eigenvalue weighted by atomic mass is 9.82. The molecule has 0 amide bonds. The van der Waals surface area contributed by atoms with Crippen LogP contribution in [-0.2, 0) is 0 Å². The van der Waals surface area contributed by atoms with Gasteiger partial charge >= 0.3 is 0 Å². The lowest BCUT2D eigenvalue weighted by Crippen LogP contribution is -2.10. The Morgan fingerprint density at radius 2 is 0.667 bits per heavy atom. The van der Waals surface area contributed by atoms with Crippen molar-refractivity contribution >= 4 is 0 Å². The van der Waals surface area contributed by atoms with E-state index in [0.29, 0.717) is 0 Å². The van der Waals surface area contributed by atoms with Crippen LogP contribution in [-0.4, -0.2) is 0 Å². The molecule has 0 aromatic carbocycles. The third-order valence-electron chi connectivity index (χ3n) is 6.51. The fraction of sp³-hybridized carbons (Fsp3) is 1.00. The van der Waals surface area contributed by atoms with Crippen LogP contribution in [0, 0.1) is 11.8 Å². The SMILES string of the molecule is CCCCCCCC(CCC)CC(CCCCCCC)CCCCCCC. The number of rotatable bonds is 22. The average Bonchev–Trinajstić information content (AvgIpc) is 2.67. The minimum Gasteiger partial charge on any atom is -0.0654 e. The summed E-state index contributed by atoms with van der Waals surface area (Å²) < 4.78 is 0. The van der Waals surface area contributed by atoms with Crippen LogP contribution in [0.3, 0.4) is 0 Å². The highest BCUT2D eigenvalue weighted by molar-refractivity contribution is 4.68. The minimum atomic E-state index is 1.02. The second-order valence-corrected chi connectivity index (χ2v) is 9.37. The third kappa shape index (κ3) is 19.1. The van der Waals surface area contributed by atoms with Crippen molar-refractivity contribution in [2.24, 2.45) is 11.8 Å². The summed E-state index contributed by atoms with van der Waals surface area (Å²) in [4.78, 5) is 0. The predicted molar refractivity (Wildman–Crippen MR) is 127 cm³/mol. The molecule has 0 aliphatic carbocycles. The quantitative estimate of drug-likeness (QED) is 0.164. The van der Waals surface area contributed by atoms with E-state index in [1.165, 1.54) is 128 Å². The molecule has 0 aliphatic rings. The Balaban J connectivity index is 4.26. The largest absolute Gasteiger partial charge is 0.0654 e. The van der Waals surface area contributed by atoms with Gasteiger partial charge in [-0.3, -0.25) is 0 Å². The molecule has 0 aromatic heterocycles. The molecule has 0 rings (SSSR count). The van der Waals surface area contributed by atoms with E-state index in [1.54, 1.807) is 6.42 Å². The van der Waals surface area contributed by atoms with Crippen molar-refractivity contribution in [3.8, 4) is 0 Å². The topological polar surface area (TPSA) is 0 Å². The van der Waals surface area contributed by atoms with Crippen molar-refractivity contribution in [1.29, 1.82) is 0 Å². The Labute approximate surface area is 174 Å². The van der Waals surface area contributed by atoms with Crippen molar-refractivity contribution < 1.29 is 0 Å². The zero-order valence-corrected chi connectivity index (χ0v) is 20.0. The predicted octanol–water partition coefficient (Wildman–Crippen LogP) is 10.5. The van der Waals surface area contributed by atoms with E-state index in [2.05, 4.69) is 27.7 Å². The van der Waals surface area contributed by atoms with Gasteiger partial charge in [-0.15, -0.1) is 0 Å². The second-order valence-electron chi connectivity index (χ2n) is 9.37. The smallest absolute Gasteiger partial charge is 0.0412 e. The van der Waals surface area contributed by atoms with Gasteiger partial charge in [0.05, 0.1) is 0 Å². The summed E-state index contributed by atoms with van der Waals surface area (Å²) in [5.74, 6) is 2.05. The Morgan fingerprint density at radius 3 is 1.00 bits per heavy atom. The molecule has 0 fully saturated rings. The van der Waals surface area contributed by atoms with Crippen LogP contribution in [0.25, 0.3) is 0 Å². The van der Waals surface area contributed by atoms with Gasteiger partial charge in [0, 0.05) is 0 Å². The Bertz CT molecular complexity index is 243. The highest BCUT2D eigenvalue weighted by Gasteiger charge is 2.16. The van der Waals surface area contributed by atoms with Gasteiger partial charge in [0.1, 0.15) is 0 Å². The molecule has 164 valence electrons. The van der Waals surface area contributed by atoms with Gasteiger partial charge in [0.15, 0.2) is 0 Å². The summed E-state index contributed by atoms with van der Waals surface area (Å²) in [5, 5.41) is 0. The Morgan fingerprint density at radius 1 is 0.333 bits per heavy atom. The van der Waals surface area contributed by atoms with E-state index in [-0.39, 0.29) is 0 Å². The first-order valence-electron chi connectivity index (χ1n) is 13.3. The summed E-state index contributed by atoms with van der Waals surface area (Å²) in [6.45, 7) is 9.38. The molecule has 0 spiro atoms. The third-order valence-corrected chi connectivity index (χ3v) is 6.51. The van der Waals surface area contributed by atoms with E-state index in [4.69, 9.17) is 0 Å². The van der Waals surface area contributed by atoms with Gasteiger partial charge in [-0.1, -0.05) is 156 Å². The van der Waals surface area contributed by atoms with Crippen molar-refractivity contribution in [3.05, 3.63) is 0 Å². The molecule has 0 aromatic rings. The number of unbranched alkanes of at least 4 members (excludes halogenated alkanes) is 12. The zero-order chi connectivity index (χ0) is 20.0. The van der Waals surface area contributed by atoms with Gasteiger partial charge in [0.25, 0.3) is 0 Å². The van der Waals surface area contributed by atoms with Gasteiger partial charge in [-0.2, -0.15) is 0 Å². The Hall–Kier alpha value is 0. The van der Waals surface area contributed by atoms with E-state index in [9.17, 15) is 0 Å². The molecule has 1 atom stereocenters. The fourth-order valence-electron chi connectivity index (χ4n) is 4.75. The highest BCUT2D eigenvalue weighted by Crippen LogP contribution is 2.30. The fourth-order valence-corrected chi connectivity index (χ4v) is 4.75. The molecular weight excluding hydrogens is 324 g/mol. The average molecular weight is 381 g/mol. The van der Waals surface area contributed by atoms with Crippen molar-refractivity contribution in [2.75, 3.05) is 0 Å². The summed E-state index contributed by atoms with van der Waals surface area (Å²) in [6.07, 6.45) is 30.7. The lowest BCUT2D eigenvalue weighted by molar-refractivity contribution is 0.286. The van der Waals surface area contributed by atoms with Crippen LogP contribution in [0.15, 0.2) is 0 Å². The highest BCUT2D eigenvalue weighted by atomic mass is 14.2. The maximum Gasteiger partial charge on any atom is -0.0412 e. The first kappa shape index (κ1) is 27.0. The molecular formula is C27H56. The molecule has 0 aliphatic heterocycles. The van der Waals surface area contributed by atoms with E-state index < -0.39 is 0 Å². The van der Waals surface area contributed by atoms with Crippen molar-refractivity contribution in [1.82, 2.24) is 0 Å². The summed E-state index contributed by atoms with van der Waals surface area (Å²) >= 11 is 0. The van der Waals surface area contributed by atoms with Crippen molar-refractivity contribution in [2.45, 2.75) is 163 Å². The molecule has 0 N–H and O–H groups in total. The van der Waals surface area contributed by atoms with E-state index in [0.717, 1.165) is 11.8 Å². The molecule has 0 bridgehead atoms. The van der Waals surface area contributed by atoms with E-state index >= 15 is 0 Å². The summed E-state index contributed by atoms with van der Waals surface area (Å²) in [6, 6.07) is 0. The van der Waals surface area contributed by atoms with Crippen LogP contribution in [0.4, 0.5) is 0 Å². The van der Waals surface area contributed by atoms with Crippen LogP contribution in [0.5, 0.6) is 0 Å². The summed E-state index contributed by atoms with van der Waals surface area (Å²) in [5.41, 5.74) is 0. The van der Waals surface area contributed by atoms with Gasteiger partial charge in [-0.05, 0) is 18.3 Å². The molecule has 27 heavy (non-hydrogen) atoms. The second kappa shape index (κ2) is 22.3. The van der Waals surface area contributed by atoms with Crippen LogP contribution in [0.1, 0.15) is 163 Å². The molecule has 0 saturated heterocycles. The van der Waals surface area contributed by atoms with Crippen LogP contribution < -0.4 is 0 Å². The molecule has 0 heterocycles. The lowest BCUT2D eigenvalue weighted by Gasteiger charge is -2.24. The first-order valence-corrected chi connectivity index (χ1v) is 13.3. The molecule has 0 radical (unpaired) electrons. The van der Waals surface area contributed by atoms with Crippen LogP contribution in [0.2, 0.25) is 0 Å². The standard InChI is InChI=1S/C27H56/c1-5-9-12-15-18-22-26(21-8-4)25-27(23-19-16-13-10-6-2)24-20-17-14-11-7-3/h26-27H,5-25H2,1-4H3. The van der Waals surface area contributed by atoms with Gasteiger partial charge in [-0.25, -0.2) is 0 Å². The number of hydrogen-bond donors (Lipinski definition) is 0. The number of hydrogen-bond acceptors (Lipinski definition) is 0.